The Hall–Kier alpha value is -2.55. The second kappa shape index (κ2) is 5.21. The van der Waals surface area contributed by atoms with Crippen molar-refractivity contribution in [3.05, 3.63) is 72.0 Å². The third-order valence-corrected chi connectivity index (χ3v) is 3.30. The Morgan fingerprint density at radius 2 is 1.55 bits per heavy atom. The third-order valence-electron chi connectivity index (χ3n) is 3.30. The number of fused-ring (bicyclic) bond motifs is 1. The van der Waals surface area contributed by atoms with E-state index in [0.717, 1.165) is 22.0 Å². The van der Waals surface area contributed by atoms with Crippen molar-refractivity contribution in [2.75, 3.05) is 5.32 Å². The van der Waals surface area contributed by atoms with Crippen LogP contribution >= 0.6 is 0 Å². The molecule has 0 aromatic heterocycles. The topological polar surface area (TPSA) is 32.3 Å². The van der Waals surface area contributed by atoms with E-state index in [1.807, 2.05) is 30.3 Å². The Kier molecular flexibility index (Phi) is 3.25. The number of phenolic OH excluding ortho intramolecular Hbond substituents is 1. The van der Waals surface area contributed by atoms with Gasteiger partial charge in [0.1, 0.15) is 11.6 Å². The number of hydrogen-bond donors (Lipinski definition) is 2. The molecule has 2 N–H and O–H groups in total. The average Bonchev–Trinajstić information content (AvgIpc) is 2.47. The number of aromatic hydroxyl groups is 1. The van der Waals surface area contributed by atoms with E-state index in [1.54, 1.807) is 18.2 Å². The molecule has 0 spiro atoms. The maximum atomic E-state index is 12.9. The van der Waals surface area contributed by atoms with Crippen LogP contribution in [0.4, 0.5) is 10.1 Å². The fourth-order valence-electron chi connectivity index (χ4n) is 2.25. The van der Waals surface area contributed by atoms with Crippen LogP contribution < -0.4 is 5.32 Å². The van der Waals surface area contributed by atoms with Crippen LogP contribution in [0.3, 0.4) is 0 Å². The molecule has 0 radical (unpaired) electrons. The summed E-state index contributed by atoms with van der Waals surface area (Å²) in [7, 11) is 0. The number of phenols is 1. The van der Waals surface area contributed by atoms with Gasteiger partial charge in [0.05, 0.1) is 0 Å². The van der Waals surface area contributed by atoms with Gasteiger partial charge in [-0.3, -0.25) is 0 Å². The molecule has 0 atom stereocenters. The highest BCUT2D eigenvalue weighted by atomic mass is 19.1. The molecule has 0 aliphatic rings. The number of halogens is 1. The molecule has 100 valence electrons. The lowest BCUT2D eigenvalue weighted by Crippen LogP contribution is -1.99. The maximum Gasteiger partial charge on any atom is 0.123 e. The van der Waals surface area contributed by atoms with Crippen LogP contribution in [0.1, 0.15) is 5.56 Å². The molecule has 0 saturated heterocycles. The summed E-state index contributed by atoms with van der Waals surface area (Å²) in [5, 5.41) is 14.9. The normalized spacial score (nSPS) is 10.7. The van der Waals surface area contributed by atoms with Crippen LogP contribution in [-0.4, -0.2) is 5.11 Å². The zero-order chi connectivity index (χ0) is 13.9. The molecule has 0 aliphatic heterocycles. The molecule has 0 saturated carbocycles. The fourth-order valence-corrected chi connectivity index (χ4v) is 2.25. The molecule has 0 heterocycles. The molecule has 0 unspecified atom stereocenters. The van der Waals surface area contributed by atoms with Gasteiger partial charge < -0.3 is 10.4 Å². The Bertz CT molecular complexity index is 738. The Morgan fingerprint density at radius 1 is 0.850 bits per heavy atom. The van der Waals surface area contributed by atoms with Gasteiger partial charge in [-0.2, -0.15) is 0 Å². The average molecular weight is 267 g/mol. The molecule has 0 bridgehead atoms. The van der Waals surface area contributed by atoms with Crippen molar-refractivity contribution in [2.24, 2.45) is 0 Å². The number of benzene rings is 3. The van der Waals surface area contributed by atoms with E-state index < -0.39 is 0 Å². The van der Waals surface area contributed by atoms with Crippen LogP contribution in [0, 0.1) is 5.82 Å². The van der Waals surface area contributed by atoms with Crippen molar-refractivity contribution >= 4 is 16.5 Å². The van der Waals surface area contributed by atoms with E-state index in [9.17, 15) is 9.50 Å². The van der Waals surface area contributed by atoms with E-state index in [4.69, 9.17) is 0 Å². The van der Waals surface area contributed by atoms with Crippen molar-refractivity contribution in [3.8, 4) is 5.75 Å². The van der Waals surface area contributed by atoms with Crippen LogP contribution in [0.25, 0.3) is 10.8 Å². The van der Waals surface area contributed by atoms with Crippen LogP contribution in [0.5, 0.6) is 5.75 Å². The molecular formula is C17H14FNO. The van der Waals surface area contributed by atoms with Crippen molar-refractivity contribution in [1.82, 2.24) is 0 Å². The lowest BCUT2D eigenvalue weighted by molar-refractivity contribution is 0.481. The zero-order valence-corrected chi connectivity index (χ0v) is 10.8. The first-order chi connectivity index (χ1) is 9.74. The van der Waals surface area contributed by atoms with Gasteiger partial charge in [-0.25, -0.2) is 4.39 Å². The van der Waals surface area contributed by atoms with Gasteiger partial charge >= 0.3 is 0 Å². The van der Waals surface area contributed by atoms with E-state index in [2.05, 4.69) is 5.32 Å². The summed E-state index contributed by atoms with van der Waals surface area (Å²) < 4.78 is 12.9. The summed E-state index contributed by atoms with van der Waals surface area (Å²) in [5.41, 5.74) is 1.95. The SMILES string of the molecule is Oc1cccc2c(NCc3ccc(F)cc3)cccc12. The van der Waals surface area contributed by atoms with Gasteiger partial charge in [0.25, 0.3) is 0 Å². The molecule has 0 fully saturated rings. The predicted molar refractivity (Wildman–Crippen MR) is 79.3 cm³/mol. The molecule has 3 heteroatoms. The van der Waals surface area contributed by atoms with Crippen molar-refractivity contribution in [3.63, 3.8) is 0 Å². The largest absolute Gasteiger partial charge is 0.507 e. The van der Waals surface area contributed by atoms with Crippen LogP contribution in [0.2, 0.25) is 0 Å². The third kappa shape index (κ3) is 2.43. The highest BCUT2D eigenvalue weighted by Gasteiger charge is 2.03. The number of nitrogens with one attached hydrogen (secondary N) is 1. The smallest absolute Gasteiger partial charge is 0.123 e. The summed E-state index contributed by atoms with van der Waals surface area (Å²) >= 11 is 0. The van der Waals surface area contributed by atoms with Crippen molar-refractivity contribution < 1.29 is 9.50 Å². The lowest BCUT2D eigenvalue weighted by atomic mass is 10.1. The first kappa shape index (κ1) is 12.5. The zero-order valence-electron chi connectivity index (χ0n) is 10.8. The van der Waals surface area contributed by atoms with Crippen LogP contribution in [0.15, 0.2) is 60.7 Å². The minimum absolute atomic E-state index is 0.233. The highest BCUT2D eigenvalue weighted by Crippen LogP contribution is 2.29. The van der Waals surface area contributed by atoms with E-state index in [0.29, 0.717) is 6.54 Å². The first-order valence-electron chi connectivity index (χ1n) is 6.43. The summed E-state index contributed by atoms with van der Waals surface area (Å²) in [4.78, 5) is 0. The first-order valence-corrected chi connectivity index (χ1v) is 6.43. The van der Waals surface area contributed by atoms with Crippen LogP contribution in [-0.2, 0) is 6.54 Å². The molecule has 3 aromatic carbocycles. The Balaban J connectivity index is 1.88. The molecule has 3 aromatic rings. The van der Waals surface area contributed by atoms with Crippen molar-refractivity contribution in [1.29, 1.82) is 0 Å². The predicted octanol–water partition coefficient (Wildman–Crippen LogP) is 4.30. The minimum atomic E-state index is -0.233. The van der Waals surface area contributed by atoms with Gasteiger partial charge in [-0.1, -0.05) is 36.4 Å². The van der Waals surface area contributed by atoms with Gasteiger partial charge in [0.2, 0.25) is 0 Å². The quantitative estimate of drug-likeness (QED) is 0.741. The lowest BCUT2D eigenvalue weighted by Gasteiger charge is -2.10. The minimum Gasteiger partial charge on any atom is -0.507 e. The molecule has 0 aliphatic carbocycles. The molecular weight excluding hydrogens is 253 g/mol. The molecule has 3 rings (SSSR count). The number of hydrogen-bond acceptors (Lipinski definition) is 2. The van der Waals surface area contributed by atoms with Crippen molar-refractivity contribution in [2.45, 2.75) is 6.54 Å². The Labute approximate surface area is 116 Å². The summed E-state index contributed by atoms with van der Waals surface area (Å²) in [6.45, 7) is 0.606. The highest BCUT2D eigenvalue weighted by molar-refractivity contribution is 5.97. The number of anilines is 1. The molecule has 2 nitrogen and oxygen atoms in total. The van der Waals surface area contributed by atoms with Gasteiger partial charge in [-0.15, -0.1) is 0 Å². The monoisotopic (exact) mass is 267 g/mol. The van der Waals surface area contributed by atoms with E-state index >= 15 is 0 Å². The summed E-state index contributed by atoms with van der Waals surface area (Å²) in [6.07, 6.45) is 0. The number of rotatable bonds is 3. The standard InChI is InChI=1S/C17H14FNO/c18-13-9-7-12(8-10-13)11-19-16-5-1-4-15-14(16)3-2-6-17(15)20/h1-10,19-20H,11H2. The van der Waals surface area contributed by atoms with E-state index in [-0.39, 0.29) is 11.6 Å². The molecule has 20 heavy (non-hydrogen) atoms. The summed E-state index contributed by atoms with van der Waals surface area (Å²) in [6, 6.07) is 17.6. The molecule has 0 amide bonds. The second-order valence-electron chi connectivity index (χ2n) is 4.66. The van der Waals surface area contributed by atoms with Gasteiger partial charge in [-0.05, 0) is 29.8 Å². The fraction of sp³-hybridized carbons (Fsp3) is 0.0588. The second-order valence-corrected chi connectivity index (χ2v) is 4.66. The maximum absolute atomic E-state index is 12.9. The Morgan fingerprint density at radius 3 is 2.35 bits per heavy atom. The van der Waals surface area contributed by atoms with E-state index in [1.165, 1.54) is 12.1 Å². The van der Waals surface area contributed by atoms with Gasteiger partial charge in [0, 0.05) is 23.0 Å². The van der Waals surface area contributed by atoms with Gasteiger partial charge in [0.15, 0.2) is 0 Å². The summed E-state index contributed by atoms with van der Waals surface area (Å²) in [5.74, 6) is 0.0387.